The summed E-state index contributed by atoms with van der Waals surface area (Å²) in [6.45, 7) is 4.91. The van der Waals surface area contributed by atoms with E-state index >= 15 is 0 Å². The summed E-state index contributed by atoms with van der Waals surface area (Å²) < 4.78 is 6.44. The fraction of sp³-hybridized carbons (Fsp3) is 0.615. The average molecular weight is 283 g/mol. The maximum Gasteiger partial charge on any atom is 0.306 e. The van der Waals surface area contributed by atoms with Gasteiger partial charge in [0.2, 0.25) is 0 Å². The van der Waals surface area contributed by atoms with Crippen molar-refractivity contribution in [1.29, 1.82) is 0 Å². The van der Waals surface area contributed by atoms with Gasteiger partial charge in [-0.25, -0.2) is 0 Å². The smallest absolute Gasteiger partial charge is 0.306 e. The molecule has 106 valence electrons. The number of aryl methyl sites for hydroxylation is 2. The molecular weight excluding hydrogens is 262 g/mol. The van der Waals surface area contributed by atoms with Gasteiger partial charge in [0.15, 0.2) is 0 Å². The van der Waals surface area contributed by atoms with Crippen molar-refractivity contribution in [2.75, 3.05) is 18.6 Å². The number of nitrogens with zero attached hydrogens (tertiary/aromatic N) is 3. The third-order valence-corrected chi connectivity index (χ3v) is 3.51. The van der Waals surface area contributed by atoms with Crippen LogP contribution in [0.1, 0.15) is 25.5 Å². The van der Waals surface area contributed by atoms with Crippen LogP contribution in [0, 0.1) is 6.92 Å². The Morgan fingerprint density at radius 3 is 2.95 bits per heavy atom. The molecule has 0 aliphatic carbocycles. The second-order valence-corrected chi connectivity index (χ2v) is 5.47. The van der Waals surface area contributed by atoms with Crippen molar-refractivity contribution in [1.82, 2.24) is 15.0 Å². The van der Waals surface area contributed by atoms with Gasteiger partial charge in [-0.15, -0.1) is 5.10 Å². The van der Waals surface area contributed by atoms with E-state index in [0.717, 1.165) is 30.2 Å². The van der Waals surface area contributed by atoms with Crippen LogP contribution in [-0.4, -0.2) is 39.6 Å². The lowest BCUT2D eigenvalue weighted by atomic mass is 10.2. The molecule has 0 aliphatic heterocycles. The summed E-state index contributed by atoms with van der Waals surface area (Å²) in [6.07, 6.45) is 5.59. The molecule has 1 aromatic rings. The van der Waals surface area contributed by atoms with Gasteiger partial charge in [-0.1, -0.05) is 16.9 Å². The van der Waals surface area contributed by atoms with Crippen LogP contribution >= 0.6 is 11.8 Å². The highest BCUT2D eigenvalue weighted by Crippen LogP contribution is 2.08. The first kappa shape index (κ1) is 15.8. The van der Waals surface area contributed by atoms with Crippen LogP contribution in [0.15, 0.2) is 17.8 Å². The second kappa shape index (κ2) is 8.74. The predicted octanol–water partition coefficient (Wildman–Crippen LogP) is 2.22. The number of hydrogen-bond acceptors (Lipinski definition) is 5. The maximum atomic E-state index is 10.9. The summed E-state index contributed by atoms with van der Waals surface area (Å²) in [4.78, 5) is 10.9. The van der Waals surface area contributed by atoms with E-state index in [2.05, 4.69) is 28.0 Å². The molecule has 1 rings (SSSR count). The summed E-state index contributed by atoms with van der Waals surface area (Å²) in [5.74, 6) is 1.59. The van der Waals surface area contributed by atoms with Crippen molar-refractivity contribution in [2.24, 2.45) is 0 Å². The highest BCUT2D eigenvalue weighted by atomic mass is 32.2. The third-order valence-electron chi connectivity index (χ3n) is 2.62. The lowest BCUT2D eigenvalue weighted by Gasteiger charge is -2.02. The molecule has 19 heavy (non-hydrogen) atoms. The molecule has 0 aromatic carbocycles. The standard InChI is InChI=1S/C13H21N3O2S/c1-11(4-7-16-10-12(2)14-15-16)5-8-19-9-6-13(17)18-3/h5,10H,4,6-9H2,1-3H3/b11-5+. The number of thioether (sulfide) groups is 1. The highest BCUT2D eigenvalue weighted by Gasteiger charge is 1.99. The SMILES string of the molecule is COC(=O)CCSC/C=C(\C)CCn1cc(C)nn1. The van der Waals surface area contributed by atoms with Crippen LogP contribution in [0.3, 0.4) is 0 Å². The van der Waals surface area contributed by atoms with Gasteiger partial charge < -0.3 is 4.74 Å². The van der Waals surface area contributed by atoms with Crippen LogP contribution in [0.5, 0.6) is 0 Å². The van der Waals surface area contributed by atoms with Gasteiger partial charge in [-0.05, 0) is 20.3 Å². The Morgan fingerprint density at radius 1 is 1.53 bits per heavy atom. The zero-order valence-electron chi connectivity index (χ0n) is 11.8. The van der Waals surface area contributed by atoms with Crippen LogP contribution < -0.4 is 0 Å². The number of hydrogen-bond donors (Lipinski definition) is 0. The van der Waals surface area contributed by atoms with Gasteiger partial charge >= 0.3 is 5.97 Å². The molecule has 0 N–H and O–H groups in total. The van der Waals surface area contributed by atoms with Gasteiger partial charge in [0, 0.05) is 24.2 Å². The molecule has 0 unspecified atom stereocenters. The number of methoxy groups -OCH3 is 1. The minimum atomic E-state index is -0.144. The predicted molar refractivity (Wildman–Crippen MR) is 77.1 cm³/mol. The topological polar surface area (TPSA) is 57.0 Å². The Morgan fingerprint density at radius 2 is 2.32 bits per heavy atom. The Balaban J connectivity index is 2.13. The highest BCUT2D eigenvalue weighted by molar-refractivity contribution is 7.99. The maximum absolute atomic E-state index is 10.9. The Hall–Kier alpha value is -1.30. The molecule has 0 atom stereocenters. The zero-order chi connectivity index (χ0) is 14.1. The van der Waals surface area contributed by atoms with E-state index in [1.54, 1.807) is 11.8 Å². The van der Waals surface area contributed by atoms with Gasteiger partial charge in [0.25, 0.3) is 0 Å². The molecule has 1 heterocycles. The van der Waals surface area contributed by atoms with E-state index in [4.69, 9.17) is 0 Å². The normalized spacial score (nSPS) is 11.6. The van der Waals surface area contributed by atoms with E-state index in [0.29, 0.717) is 6.42 Å². The Kier molecular flexibility index (Phi) is 7.25. The van der Waals surface area contributed by atoms with E-state index in [1.807, 2.05) is 17.8 Å². The molecule has 0 radical (unpaired) electrons. The number of esters is 1. The number of ether oxygens (including phenoxy) is 1. The molecule has 0 spiro atoms. The van der Waals surface area contributed by atoms with Gasteiger partial charge in [-0.3, -0.25) is 9.48 Å². The van der Waals surface area contributed by atoms with Crippen LogP contribution in [0.4, 0.5) is 0 Å². The largest absolute Gasteiger partial charge is 0.469 e. The molecule has 0 bridgehead atoms. The number of carbonyl (C=O) groups is 1. The molecular formula is C13H21N3O2S. The summed E-state index contributed by atoms with van der Waals surface area (Å²) in [5.41, 5.74) is 2.28. The molecule has 6 heteroatoms. The lowest BCUT2D eigenvalue weighted by Crippen LogP contribution is -2.01. The average Bonchev–Trinajstić information content (AvgIpc) is 2.81. The fourth-order valence-corrected chi connectivity index (χ4v) is 2.32. The molecule has 0 saturated carbocycles. The number of aromatic nitrogens is 3. The number of carbonyl (C=O) groups excluding carboxylic acids is 1. The second-order valence-electron chi connectivity index (χ2n) is 4.32. The molecule has 0 amide bonds. The fourth-order valence-electron chi connectivity index (χ4n) is 1.44. The lowest BCUT2D eigenvalue weighted by molar-refractivity contribution is -0.140. The van der Waals surface area contributed by atoms with Crippen molar-refractivity contribution in [3.63, 3.8) is 0 Å². The first-order valence-electron chi connectivity index (χ1n) is 6.28. The minimum Gasteiger partial charge on any atom is -0.469 e. The summed E-state index contributed by atoms with van der Waals surface area (Å²) in [6, 6.07) is 0. The van der Waals surface area contributed by atoms with Gasteiger partial charge in [0.05, 0.1) is 19.2 Å². The van der Waals surface area contributed by atoms with Gasteiger partial charge in [0.1, 0.15) is 0 Å². The van der Waals surface area contributed by atoms with Crippen molar-refractivity contribution >= 4 is 17.7 Å². The monoisotopic (exact) mass is 283 g/mol. The molecule has 0 aliphatic rings. The van der Waals surface area contributed by atoms with Crippen molar-refractivity contribution < 1.29 is 9.53 Å². The third kappa shape index (κ3) is 7.00. The van der Waals surface area contributed by atoms with Gasteiger partial charge in [-0.2, -0.15) is 11.8 Å². The zero-order valence-corrected chi connectivity index (χ0v) is 12.6. The number of allylic oxidation sites excluding steroid dienone is 1. The quantitative estimate of drug-likeness (QED) is 0.416. The first-order chi connectivity index (χ1) is 9.11. The molecule has 5 nitrogen and oxygen atoms in total. The molecule has 0 saturated heterocycles. The summed E-state index contributed by atoms with van der Waals surface area (Å²) in [7, 11) is 1.42. The Labute approximate surface area is 118 Å². The van der Waals surface area contributed by atoms with Crippen LogP contribution in [0.25, 0.3) is 0 Å². The van der Waals surface area contributed by atoms with Crippen molar-refractivity contribution in [2.45, 2.75) is 33.2 Å². The van der Waals surface area contributed by atoms with E-state index in [9.17, 15) is 4.79 Å². The van der Waals surface area contributed by atoms with Crippen LogP contribution in [-0.2, 0) is 16.1 Å². The van der Waals surface area contributed by atoms with Crippen LogP contribution in [0.2, 0.25) is 0 Å². The molecule has 1 aromatic heterocycles. The van der Waals surface area contributed by atoms with Crippen molar-refractivity contribution in [3.05, 3.63) is 23.5 Å². The van der Waals surface area contributed by atoms with E-state index in [-0.39, 0.29) is 5.97 Å². The summed E-state index contributed by atoms with van der Waals surface area (Å²) in [5, 5.41) is 7.96. The first-order valence-corrected chi connectivity index (χ1v) is 7.44. The van der Waals surface area contributed by atoms with E-state index in [1.165, 1.54) is 12.7 Å². The van der Waals surface area contributed by atoms with E-state index < -0.39 is 0 Å². The molecule has 0 fully saturated rings. The Bertz CT molecular complexity index is 429. The number of rotatable bonds is 8. The van der Waals surface area contributed by atoms with Crippen molar-refractivity contribution in [3.8, 4) is 0 Å². The minimum absolute atomic E-state index is 0.144. The summed E-state index contributed by atoms with van der Waals surface area (Å²) >= 11 is 1.74.